The van der Waals surface area contributed by atoms with Crippen molar-refractivity contribution in [3.8, 4) is 0 Å². The van der Waals surface area contributed by atoms with Crippen LogP contribution in [0.25, 0.3) is 0 Å². The molecule has 0 N–H and O–H groups in total. The molecule has 0 atom stereocenters. The molecule has 0 aliphatic heterocycles. The van der Waals surface area contributed by atoms with Crippen LogP contribution in [0.5, 0.6) is 0 Å². The van der Waals surface area contributed by atoms with Gasteiger partial charge in [-0.25, -0.2) is 4.79 Å². The predicted octanol–water partition coefficient (Wildman–Crippen LogP) is 3.04. The van der Waals surface area contributed by atoms with Crippen molar-refractivity contribution in [3.05, 3.63) is 11.6 Å². The summed E-state index contributed by atoms with van der Waals surface area (Å²) in [6.07, 6.45) is 7.01. The van der Waals surface area contributed by atoms with Gasteiger partial charge in [-0.2, -0.15) is 0 Å². The van der Waals surface area contributed by atoms with E-state index >= 15 is 0 Å². The number of Topliss-reactive ketones (excluding diaryl/α,β-unsaturated/α-hetero) is 1. The molecule has 3 nitrogen and oxygen atoms in total. The van der Waals surface area contributed by atoms with Crippen molar-refractivity contribution in [2.75, 3.05) is 6.61 Å². The summed E-state index contributed by atoms with van der Waals surface area (Å²) in [5.41, 5.74) is 0.193. The summed E-state index contributed by atoms with van der Waals surface area (Å²) in [7, 11) is 0. The second kappa shape index (κ2) is 9.13. The summed E-state index contributed by atoms with van der Waals surface area (Å²) in [6.45, 7) is 5.58. The van der Waals surface area contributed by atoms with Crippen molar-refractivity contribution < 1.29 is 14.3 Å². The molecule has 0 bridgehead atoms. The van der Waals surface area contributed by atoms with Crippen molar-refractivity contribution in [2.45, 2.75) is 52.9 Å². The van der Waals surface area contributed by atoms with Crippen LogP contribution in [0, 0.1) is 0 Å². The SMILES string of the molecule is CCCCCCC=C(C(C)=O)C(=O)OCC. The fourth-order valence-corrected chi connectivity index (χ4v) is 1.40. The maximum Gasteiger partial charge on any atom is 0.341 e. The zero-order chi connectivity index (χ0) is 12.4. The molecule has 92 valence electrons. The van der Waals surface area contributed by atoms with Gasteiger partial charge in [-0.1, -0.05) is 32.3 Å². The van der Waals surface area contributed by atoms with Crippen LogP contribution in [-0.2, 0) is 14.3 Å². The fraction of sp³-hybridized carbons (Fsp3) is 0.692. The number of hydrogen-bond donors (Lipinski definition) is 0. The topological polar surface area (TPSA) is 43.4 Å². The van der Waals surface area contributed by atoms with Gasteiger partial charge in [-0.15, -0.1) is 0 Å². The Bertz CT molecular complexity index is 254. The minimum Gasteiger partial charge on any atom is -0.462 e. The van der Waals surface area contributed by atoms with E-state index in [-0.39, 0.29) is 11.4 Å². The van der Waals surface area contributed by atoms with Crippen molar-refractivity contribution in [1.29, 1.82) is 0 Å². The van der Waals surface area contributed by atoms with Gasteiger partial charge in [0.15, 0.2) is 5.78 Å². The third-order valence-electron chi connectivity index (χ3n) is 2.28. The van der Waals surface area contributed by atoms with E-state index in [1.54, 1.807) is 13.0 Å². The Labute approximate surface area is 97.9 Å². The van der Waals surface area contributed by atoms with E-state index in [1.165, 1.54) is 19.8 Å². The molecule has 0 aliphatic carbocycles. The molecule has 0 fully saturated rings. The number of hydrogen-bond acceptors (Lipinski definition) is 3. The number of unbranched alkanes of at least 4 members (excludes halogenated alkanes) is 4. The summed E-state index contributed by atoms with van der Waals surface area (Å²) in [4.78, 5) is 22.6. The number of ketones is 1. The first-order valence-corrected chi connectivity index (χ1v) is 6.01. The number of allylic oxidation sites excluding steroid dienone is 1. The van der Waals surface area contributed by atoms with E-state index in [2.05, 4.69) is 6.92 Å². The van der Waals surface area contributed by atoms with Crippen LogP contribution in [0.4, 0.5) is 0 Å². The normalized spacial score (nSPS) is 11.3. The minimum absolute atomic E-state index is 0.193. The lowest BCUT2D eigenvalue weighted by Crippen LogP contribution is -2.13. The summed E-state index contributed by atoms with van der Waals surface area (Å²) in [6, 6.07) is 0. The number of ether oxygens (including phenoxy) is 1. The highest BCUT2D eigenvalue weighted by molar-refractivity contribution is 6.16. The molecule has 0 spiro atoms. The maximum atomic E-state index is 11.4. The summed E-state index contributed by atoms with van der Waals surface area (Å²) in [5.74, 6) is -0.709. The molecule has 0 saturated heterocycles. The minimum atomic E-state index is -0.495. The monoisotopic (exact) mass is 226 g/mol. The first-order chi connectivity index (χ1) is 7.63. The molecular formula is C13H22O3. The fourth-order valence-electron chi connectivity index (χ4n) is 1.40. The van der Waals surface area contributed by atoms with E-state index in [1.807, 2.05) is 0 Å². The molecule has 0 unspecified atom stereocenters. The van der Waals surface area contributed by atoms with Crippen LogP contribution >= 0.6 is 0 Å². The third-order valence-corrected chi connectivity index (χ3v) is 2.28. The first-order valence-electron chi connectivity index (χ1n) is 6.01. The number of carbonyl (C=O) groups excluding carboxylic acids is 2. The molecule has 0 amide bonds. The standard InChI is InChI=1S/C13H22O3/c1-4-6-7-8-9-10-12(11(3)14)13(15)16-5-2/h10H,4-9H2,1-3H3. The van der Waals surface area contributed by atoms with Gasteiger partial charge in [0.2, 0.25) is 0 Å². The van der Waals surface area contributed by atoms with Crippen LogP contribution in [-0.4, -0.2) is 18.4 Å². The summed E-state index contributed by atoms with van der Waals surface area (Å²) < 4.78 is 4.82. The lowest BCUT2D eigenvalue weighted by molar-refractivity contribution is -0.139. The zero-order valence-corrected chi connectivity index (χ0v) is 10.5. The highest BCUT2D eigenvalue weighted by Crippen LogP contribution is 2.07. The first kappa shape index (κ1) is 14.9. The maximum absolute atomic E-state index is 11.4. The molecule has 0 aromatic carbocycles. The average Bonchev–Trinajstić information content (AvgIpc) is 2.23. The van der Waals surface area contributed by atoms with Crippen molar-refractivity contribution in [3.63, 3.8) is 0 Å². The Morgan fingerprint density at radius 1 is 1.12 bits per heavy atom. The smallest absolute Gasteiger partial charge is 0.341 e. The zero-order valence-electron chi connectivity index (χ0n) is 10.5. The van der Waals surface area contributed by atoms with Gasteiger partial charge >= 0.3 is 5.97 Å². The van der Waals surface area contributed by atoms with Gasteiger partial charge in [0.1, 0.15) is 0 Å². The van der Waals surface area contributed by atoms with Gasteiger partial charge in [0.05, 0.1) is 12.2 Å². The Hall–Kier alpha value is -1.12. The van der Waals surface area contributed by atoms with Crippen LogP contribution in [0.1, 0.15) is 52.9 Å². The van der Waals surface area contributed by atoms with Gasteiger partial charge < -0.3 is 4.74 Å². The average molecular weight is 226 g/mol. The molecule has 0 aliphatic rings. The molecular weight excluding hydrogens is 204 g/mol. The van der Waals surface area contributed by atoms with Gasteiger partial charge in [-0.3, -0.25) is 4.79 Å². The van der Waals surface area contributed by atoms with Gasteiger partial charge in [-0.05, 0) is 26.7 Å². The summed E-state index contributed by atoms with van der Waals surface area (Å²) in [5, 5.41) is 0. The second-order valence-electron chi connectivity index (χ2n) is 3.74. The quantitative estimate of drug-likeness (QED) is 0.210. The Morgan fingerprint density at radius 3 is 2.31 bits per heavy atom. The predicted molar refractivity (Wildman–Crippen MR) is 64.2 cm³/mol. The number of rotatable bonds is 8. The molecule has 0 aromatic heterocycles. The van der Waals surface area contributed by atoms with Crippen LogP contribution in [0.2, 0.25) is 0 Å². The highest BCUT2D eigenvalue weighted by atomic mass is 16.5. The van der Waals surface area contributed by atoms with Gasteiger partial charge in [0.25, 0.3) is 0 Å². The summed E-state index contributed by atoms with van der Waals surface area (Å²) >= 11 is 0. The second-order valence-corrected chi connectivity index (χ2v) is 3.74. The molecule has 3 heteroatoms. The lowest BCUT2D eigenvalue weighted by atomic mass is 10.1. The van der Waals surface area contributed by atoms with Crippen molar-refractivity contribution >= 4 is 11.8 Å². The molecule has 0 aromatic rings. The molecule has 0 rings (SSSR count). The molecule has 16 heavy (non-hydrogen) atoms. The Balaban J connectivity index is 4.15. The molecule has 0 saturated carbocycles. The van der Waals surface area contributed by atoms with E-state index in [0.717, 1.165) is 19.3 Å². The highest BCUT2D eigenvalue weighted by Gasteiger charge is 2.14. The van der Waals surface area contributed by atoms with E-state index in [9.17, 15) is 9.59 Å². The Morgan fingerprint density at radius 2 is 1.81 bits per heavy atom. The number of carbonyl (C=O) groups is 2. The number of esters is 1. The van der Waals surface area contributed by atoms with Gasteiger partial charge in [0, 0.05) is 0 Å². The van der Waals surface area contributed by atoms with E-state index in [4.69, 9.17) is 4.74 Å². The van der Waals surface area contributed by atoms with E-state index < -0.39 is 5.97 Å². The Kier molecular flexibility index (Phi) is 8.49. The lowest BCUT2D eigenvalue weighted by Gasteiger charge is -2.03. The van der Waals surface area contributed by atoms with Crippen molar-refractivity contribution in [1.82, 2.24) is 0 Å². The van der Waals surface area contributed by atoms with Crippen LogP contribution in [0.15, 0.2) is 11.6 Å². The van der Waals surface area contributed by atoms with Crippen LogP contribution in [0.3, 0.4) is 0 Å². The van der Waals surface area contributed by atoms with Crippen LogP contribution < -0.4 is 0 Å². The third kappa shape index (κ3) is 6.38. The molecule has 0 radical (unpaired) electrons. The van der Waals surface area contributed by atoms with Crippen molar-refractivity contribution in [2.24, 2.45) is 0 Å². The largest absolute Gasteiger partial charge is 0.462 e. The van der Waals surface area contributed by atoms with E-state index in [0.29, 0.717) is 6.61 Å². The molecule has 0 heterocycles.